The fraction of sp³-hybridized carbons (Fsp3) is 0.238. The zero-order valence-corrected chi connectivity index (χ0v) is 18.1. The van der Waals surface area contributed by atoms with Gasteiger partial charge in [0, 0.05) is 12.7 Å². The fourth-order valence-electron chi connectivity index (χ4n) is 3.11. The van der Waals surface area contributed by atoms with Gasteiger partial charge in [0.15, 0.2) is 0 Å². The first-order valence-electron chi connectivity index (χ1n) is 9.47. The van der Waals surface area contributed by atoms with Crippen LogP contribution in [-0.4, -0.2) is 31.1 Å². The lowest BCUT2D eigenvalue weighted by molar-refractivity contribution is -0.122. The van der Waals surface area contributed by atoms with Crippen LogP contribution in [0.4, 0.5) is 5.82 Å². The number of fused-ring (bicyclic) bond motifs is 1. The third kappa shape index (κ3) is 4.03. The highest BCUT2D eigenvalue weighted by Crippen LogP contribution is 2.33. The Balaban J connectivity index is 1.76. The molecule has 7 nitrogen and oxygen atoms in total. The number of aromatic nitrogens is 2. The second-order valence-electron chi connectivity index (χ2n) is 7.23. The van der Waals surface area contributed by atoms with Crippen LogP contribution in [0.25, 0.3) is 11.7 Å². The second-order valence-corrected chi connectivity index (χ2v) is 8.90. The van der Waals surface area contributed by atoms with Gasteiger partial charge in [0.2, 0.25) is 0 Å². The van der Waals surface area contributed by atoms with Crippen LogP contribution in [0, 0.1) is 5.92 Å². The van der Waals surface area contributed by atoms with E-state index >= 15 is 0 Å². The molecule has 1 N–H and O–H groups in total. The molecule has 154 valence electrons. The Labute approximate surface area is 182 Å². The summed E-state index contributed by atoms with van der Waals surface area (Å²) in [7, 11) is 0. The lowest BCUT2D eigenvalue weighted by Crippen LogP contribution is -2.31. The van der Waals surface area contributed by atoms with Gasteiger partial charge in [0.05, 0.1) is 23.3 Å². The number of carbonyl (C=O) groups excluding carboxylic acids is 1. The maximum Gasteiger partial charge on any atom is 0.267 e. The number of nitrogens with zero attached hydrogens (tertiary/aromatic N) is 3. The maximum absolute atomic E-state index is 13.2. The average Bonchev–Trinajstić information content (AvgIpc) is 3.33. The molecule has 1 fully saturated rings. The van der Waals surface area contributed by atoms with Gasteiger partial charge >= 0.3 is 0 Å². The van der Waals surface area contributed by atoms with Gasteiger partial charge in [0.1, 0.15) is 21.5 Å². The van der Waals surface area contributed by atoms with Crippen molar-refractivity contribution in [1.29, 1.82) is 0 Å². The standard InChI is InChI=1S/C21H20N4O3S2/c1-13(2)12-25-20(27)16(30-21(25)29)10-15-18(22-11-14-6-5-9-28-14)23-17-7-3-4-8-24(17)19(15)26/h3-10,13,22H,11-12H2,1-2H3. The van der Waals surface area contributed by atoms with E-state index in [1.165, 1.54) is 16.2 Å². The number of thioether (sulfide) groups is 1. The summed E-state index contributed by atoms with van der Waals surface area (Å²) in [5.41, 5.74) is 0.543. The normalized spacial score (nSPS) is 15.7. The average molecular weight is 441 g/mol. The SMILES string of the molecule is CC(C)CN1C(=O)C(=Cc2c(NCc3ccco3)nc3ccccn3c2=O)SC1=S. The molecule has 4 rings (SSSR count). The number of furan rings is 1. The van der Waals surface area contributed by atoms with Crippen LogP contribution in [-0.2, 0) is 11.3 Å². The van der Waals surface area contributed by atoms with Crippen molar-refractivity contribution in [3.8, 4) is 0 Å². The van der Waals surface area contributed by atoms with E-state index in [0.717, 1.165) is 0 Å². The summed E-state index contributed by atoms with van der Waals surface area (Å²) in [6.45, 7) is 4.95. The second kappa shape index (κ2) is 8.45. The number of pyridine rings is 1. The molecule has 0 atom stereocenters. The van der Waals surface area contributed by atoms with E-state index in [1.807, 2.05) is 26.0 Å². The number of carbonyl (C=O) groups is 1. The maximum atomic E-state index is 13.2. The lowest BCUT2D eigenvalue weighted by Gasteiger charge is -2.16. The third-order valence-corrected chi connectivity index (χ3v) is 5.85. The van der Waals surface area contributed by atoms with Crippen LogP contribution >= 0.6 is 24.0 Å². The minimum absolute atomic E-state index is 0.187. The van der Waals surface area contributed by atoms with Gasteiger partial charge in [0.25, 0.3) is 11.5 Å². The van der Waals surface area contributed by atoms with E-state index < -0.39 is 0 Å². The van der Waals surface area contributed by atoms with Crippen molar-refractivity contribution < 1.29 is 9.21 Å². The summed E-state index contributed by atoms with van der Waals surface area (Å²) in [4.78, 5) is 32.6. The zero-order valence-electron chi connectivity index (χ0n) is 16.5. The Bertz CT molecular complexity index is 1200. The molecule has 0 aromatic carbocycles. The van der Waals surface area contributed by atoms with E-state index in [1.54, 1.807) is 41.6 Å². The molecule has 1 aliphatic heterocycles. The first-order valence-corrected chi connectivity index (χ1v) is 10.7. The number of anilines is 1. The van der Waals surface area contributed by atoms with Crippen LogP contribution in [0.1, 0.15) is 25.2 Å². The third-order valence-electron chi connectivity index (χ3n) is 4.48. The molecule has 30 heavy (non-hydrogen) atoms. The van der Waals surface area contributed by atoms with Gasteiger partial charge in [-0.1, -0.05) is 43.9 Å². The molecule has 0 bridgehead atoms. The van der Waals surface area contributed by atoms with Crippen molar-refractivity contribution in [2.45, 2.75) is 20.4 Å². The molecule has 3 aromatic rings. The summed E-state index contributed by atoms with van der Waals surface area (Å²) in [5.74, 6) is 1.19. The van der Waals surface area contributed by atoms with Crippen molar-refractivity contribution in [2.24, 2.45) is 5.92 Å². The van der Waals surface area contributed by atoms with Gasteiger partial charge in [-0.25, -0.2) is 4.98 Å². The number of rotatable bonds is 6. The molecule has 4 heterocycles. The Morgan fingerprint density at radius 3 is 2.83 bits per heavy atom. The Hall–Kier alpha value is -2.91. The van der Waals surface area contributed by atoms with Crippen LogP contribution in [0.5, 0.6) is 0 Å². The van der Waals surface area contributed by atoms with Gasteiger partial charge in [-0.05, 0) is 36.3 Å². The molecule has 0 saturated carbocycles. The Kier molecular flexibility index (Phi) is 5.74. The summed E-state index contributed by atoms with van der Waals surface area (Å²) in [6, 6.07) is 8.95. The van der Waals surface area contributed by atoms with Crippen molar-refractivity contribution in [1.82, 2.24) is 14.3 Å². The first kappa shape index (κ1) is 20.4. The molecule has 9 heteroatoms. The zero-order chi connectivity index (χ0) is 21.3. The van der Waals surface area contributed by atoms with Gasteiger partial charge in [-0.3, -0.25) is 18.9 Å². The Morgan fingerprint density at radius 2 is 2.10 bits per heavy atom. The molecule has 0 unspecified atom stereocenters. The van der Waals surface area contributed by atoms with E-state index in [2.05, 4.69) is 10.3 Å². The summed E-state index contributed by atoms with van der Waals surface area (Å²) in [6.07, 6.45) is 4.82. The van der Waals surface area contributed by atoms with Crippen LogP contribution in [0.2, 0.25) is 0 Å². The topological polar surface area (TPSA) is 79.8 Å². The van der Waals surface area contributed by atoms with Crippen LogP contribution < -0.4 is 10.9 Å². The van der Waals surface area contributed by atoms with Crippen LogP contribution in [0.3, 0.4) is 0 Å². The molecular formula is C21H20N4O3S2. The van der Waals surface area contributed by atoms with E-state index in [4.69, 9.17) is 16.6 Å². The quantitative estimate of drug-likeness (QED) is 0.462. The van der Waals surface area contributed by atoms with Crippen molar-refractivity contribution >= 4 is 51.7 Å². The minimum atomic E-state index is -0.267. The summed E-state index contributed by atoms with van der Waals surface area (Å²) >= 11 is 6.58. The number of nitrogens with one attached hydrogen (secondary N) is 1. The lowest BCUT2D eigenvalue weighted by atomic mass is 10.2. The predicted octanol–water partition coefficient (Wildman–Crippen LogP) is 3.76. The fourth-order valence-corrected chi connectivity index (χ4v) is 4.36. The number of hydrogen-bond acceptors (Lipinski definition) is 7. The number of amides is 1. The molecule has 1 amide bonds. The molecule has 0 aliphatic carbocycles. The summed E-state index contributed by atoms with van der Waals surface area (Å²) < 4.78 is 7.31. The monoisotopic (exact) mass is 440 g/mol. The smallest absolute Gasteiger partial charge is 0.267 e. The largest absolute Gasteiger partial charge is 0.467 e. The van der Waals surface area contributed by atoms with Crippen LogP contribution in [0.15, 0.2) is 56.9 Å². The molecule has 1 saturated heterocycles. The molecular weight excluding hydrogens is 420 g/mol. The first-order chi connectivity index (χ1) is 14.4. The van der Waals surface area contributed by atoms with Crippen molar-refractivity contribution in [3.63, 3.8) is 0 Å². The highest BCUT2D eigenvalue weighted by molar-refractivity contribution is 8.26. The van der Waals surface area contributed by atoms with E-state index in [0.29, 0.717) is 45.1 Å². The minimum Gasteiger partial charge on any atom is -0.467 e. The van der Waals surface area contributed by atoms with Gasteiger partial charge < -0.3 is 9.73 Å². The van der Waals surface area contributed by atoms with Crippen molar-refractivity contribution in [2.75, 3.05) is 11.9 Å². The summed E-state index contributed by atoms with van der Waals surface area (Å²) in [5, 5.41) is 3.16. The van der Waals surface area contributed by atoms with E-state index in [-0.39, 0.29) is 17.4 Å². The molecule has 1 aliphatic rings. The predicted molar refractivity (Wildman–Crippen MR) is 122 cm³/mol. The molecule has 0 radical (unpaired) electrons. The van der Waals surface area contributed by atoms with Crippen molar-refractivity contribution in [3.05, 3.63) is 69.4 Å². The Morgan fingerprint density at radius 1 is 1.27 bits per heavy atom. The number of hydrogen-bond donors (Lipinski definition) is 1. The number of thiocarbonyl (C=S) groups is 1. The molecule has 0 spiro atoms. The van der Waals surface area contributed by atoms with Gasteiger partial charge in [-0.2, -0.15) is 0 Å². The van der Waals surface area contributed by atoms with Gasteiger partial charge in [-0.15, -0.1) is 0 Å². The highest BCUT2D eigenvalue weighted by Gasteiger charge is 2.32. The highest BCUT2D eigenvalue weighted by atomic mass is 32.2. The molecule has 3 aromatic heterocycles. The van der Waals surface area contributed by atoms with E-state index in [9.17, 15) is 9.59 Å².